The van der Waals surface area contributed by atoms with Crippen molar-refractivity contribution in [3.8, 4) is 17.2 Å². The molecular weight excluding hydrogens is 324 g/mol. The highest BCUT2D eigenvalue weighted by atomic mass is 16.6. The molecule has 0 fully saturated rings. The second kappa shape index (κ2) is 7.21. The third-order valence-electron chi connectivity index (χ3n) is 3.13. The summed E-state index contributed by atoms with van der Waals surface area (Å²) in [6.45, 7) is 7.22. The summed E-state index contributed by atoms with van der Waals surface area (Å²) in [6, 6.07) is 11.4. The third-order valence-corrected chi connectivity index (χ3v) is 3.13. The molecule has 0 unspecified atom stereocenters. The average Bonchev–Trinajstić information content (AvgIpc) is 2.47. The minimum absolute atomic E-state index is 0.183. The number of carbonyl (C=O) groups is 1. The Kier molecular flexibility index (Phi) is 5.26. The van der Waals surface area contributed by atoms with E-state index in [1.807, 2.05) is 25.1 Å². The lowest BCUT2D eigenvalue weighted by molar-refractivity contribution is -0.385. The first kappa shape index (κ1) is 18.3. The van der Waals surface area contributed by atoms with Gasteiger partial charge in [0, 0.05) is 17.7 Å². The number of benzene rings is 2. The Morgan fingerprint density at radius 2 is 1.80 bits per heavy atom. The van der Waals surface area contributed by atoms with Gasteiger partial charge in [-0.3, -0.25) is 10.1 Å². The van der Waals surface area contributed by atoms with Crippen LogP contribution in [0.15, 0.2) is 42.5 Å². The number of ether oxygens (including phenoxy) is 2. The van der Waals surface area contributed by atoms with Crippen molar-refractivity contribution < 1.29 is 19.2 Å². The van der Waals surface area contributed by atoms with Crippen molar-refractivity contribution in [3.05, 3.63) is 58.1 Å². The fourth-order valence-electron chi connectivity index (χ4n) is 2.02. The number of para-hydroxylation sites is 1. The summed E-state index contributed by atoms with van der Waals surface area (Å²) in [5, 5.41) is 13.8. The number of nitrogens with one attached hydrogen (secondary N) is 1. The predicted molar refractivity (Wildman–Crippen MR) is 93.3 cm³/mol. The molecule has 2 aromatic carbocycles. The number of aryl methyl sites for hydroxylation is 1. The minimum Gasteiger partial charge on any atom is -0.457 e. The molecule has 25 heavy (non-hydrogen) atoms. The van der Waals surface area contributed by atoms with Crippen molar-refractivity contribution in [1.29, 1.82) is 0 Å². The Morgan fingerprint density at radius 1 is 1.12 bits per heavy atom. The fraction of sp³-hybridized carbons (Fsp3) is 0.278. The molecule has 1 amide bonds. The number of hydrogen-bond donors (Lipinski definition) is 1. The Bertz CT molecular complexity index is 796. The van der Waals surface area contributed by atoms with E-state index in [-0.39, 0.29) is 11.4 Å². The summed E-state index contributed by atoms with van der Waals surface area (Å²) in [7, 11) is 0. The lowest BCUT2D eigenvalue weighted by atomic mass is 10.1. The highest BCUT2D eigenvalue weighted by Crippen LogP contribution is 2.34. The monoisotopic (exact) mass is 344 g/mol. The van der Waals surface area contributed by atoms with Crippen LogP contribution in [-0.2, 0) is 0 Å². The van der Waals surface area contributed by atoms with Gasteiger partial charge in [0.1, 0.15) is 11.5 Å². The van der Waals surface area contributed by atoms with E-state index in [9.17, 15) is 14.9 Å². The first-order valence-corrected chi connectivity index (χ1v) is 7.67. The molecule has 0 aromatic heterocycles. The Morgan fingerprint density at radius 3 is 2.40 bits per heavy atom. The number of nitro groups is 1. The molecule has 0 saturated heterocycles. The maximum absolute atomic E-state index is 11.9. The molecule has 0 aliphatic carbocycles. The molecule has 0 saturated carbocycles. The van der Waals surface area contributed by atoms with Crippen molar-refractivity contribution in [1.82, 2.24) is 5.32 Å². The van der Waals surface area contributed by atoms with Crippen molar-refractivity contribution in [2.45, 2.75) is 33.2 Å². The van der Waals surface area contributed by atoms with Crippen molar-refractivity contribution in [3.63, 3.8) is 0 Å². The highest BCUT2D eigenvalue weighted by molar-refractivity contribution is 5.73. The maximum Gasteiger partial charge on any atom is 0.413 e. The van der Waals surface area contributed by atoms with Gasteiger partial charge in [0.05, 0.1) is 4.92 Å². The zero-order chi connectivity index (χ0) is 18.6. The van der Waals surface area contributed by atoms with Crippen molar-refractivity contribution in [2.75, 3.05) is 0 Å². The van der Waals surface area contributed by atoms with Crippen LogP contribution >= 0.6 is 0 Å². The van der Waals surface area contributed by atoms with Crippen LogP contribution < -0.4 is 14.8 Å². The van der Waals surface area contributed by atoms with Crippen LogP contribution in [-0.4, -0.2) is 16.6 Å². The smallest absolute Gasteiger partial charge is 0.413 e. The molecule has 0 aliphatic rings. The molecule has 0 spiro atoms. The number of rotatable bonds is 4. The van der Waals surface area contributed by atoms with Crippen LogP contribution in [0.4, 0.5) is 10.5 Å². The molecule has 0 radical (unpaired) electrons. The van der Waals surface area contributed by atoms with E-state index >= 15 is 0 Å². The Labute approximate surface area is 145 Å². The first-order chi connectivity index (χ1) is 11.7. The summed E-state index contributed by atoms with van der Waals surface area (Å²) in [6.07, 6.45) is -0.774. The topological polar surface area (TPSA) is 90.7 Å². The summed E-state index contributed by atoms with van der Waals surface area (Å²) >= 11 is 0. The van der Waals surface area contributed by atoms with E-state index in [2.05, 4.69) is 5.32 Å². The summed E-state index contributed by atoms with van der Waals surface area (Å²) in [4.78, 5) is 22.5. The lowest BCUT2D eigenvalue weighted by Crippen LogP contribution is -2.42. The quantitative estimate of drug-likeness (QED) is 0.647. The molecular formula is C18H20N2O5. The van der Waals surface area contributed by atoms with Gasteiger partial charge in [0.2, 0.25) is 5.75 Å². The largest absolute Gasteiger partial charge is 0.457 e. The molecule has 1 N–H and O–H groups in total. The molecule has 0 atom stereocenters. The molecule has 132 valence electrons. The zero-order valence-electron chi connectivity index (χ0n) is 14.5. The number of nitro benzene ring substituents is 1. The summed E-state index contributed by atoms with van der Waals surface area (Å²) < 4.78 is 10.9. The van der Waals surface area contributed by atoms with Gasteiger partial charge in [-0.2, -0.15) is 0 Å². The predicted octanol–water partition coefficient (Wildman–Crippen LogP) is 4.58. The fourth-order valence-corrected chi connectivity index (χ4v) is 2.02. The van der Waals surface area contributed by atoms with E-state index in [0.717, 1.165) is 5.56 Å². The SMILES string of the molecule is Cc1ccccc1Oc1ccc([N+](=O)[O-])c(OC(=O)NC(C)(C)C)c1. The van der Waals surface area contributed by atoms with E-state index in [4.69, 9.17) is 9.47 Å². The number of amides is 1. The van der Waals surface area contributed by atoms with Crippen LogP contribution in [0.3, 0.4) is 0 Å². The van der Waals surface area contributed by atoms with Gasteiger partial charge in [0.15, 0.2) is 0 Å². The van der Waals surface area contributed by atoms with Crippen LogP contribution in [0.2, 0.25) is 0 Å². The second-order valence-electron chi connectivity index (χ2n) is 6.52. The minimum atomic E-state index is -0.774. The number of nitrogens with zero attached hydrogens (tertiary/aromatic N) is 1. The molecule has 0 bridgehead atoms. The molecule has 2 rings (SSSR count). The lowest BCUT2D eigenvalue weighted by Gasteiger charge is -2.19. The molecule has 7 nitrogen and oxygen atoms in total. The van der Waals surface area contributed by atoms with Gasteiger partial charge in [-0.25, -0.2) is 4.79 Å². The zero-order valence-corrected chi connectivity index (χ0v) is 14.5. The highest BCUT2D eigenvalue weighted by Gasteiger charge is 2.22. The third kappa shape index (κ3) is 5.20. The van der Waals surface area contributed by atoms with Crippen LogP contribution in [0.5, 0.6) is 17.2 Å². The Balaban J connectivity index is 2.28. The van der Waals surface area contributed by atoms with Crippen molar-refractivity contribution in [2.24, 2.45) is 0 Å². The molecule has 2 aromatic rings. The van der Waals surface area contributed by atoms with Crippen LogP contribution in [0.25, 0.3) is 0 Å². The standard InChI is InChI=1S/C18H20N2O5/c1-12-7-5-6-8-15(12)24-13-9-10-14(20(22)23)16(11-13)25-17(21)19-18(2,3)4/h5-11H,1-4H3,(H,19,21). The van der Waals surface area contributed by atoms with Gasteiger partial charge in [-0.15, -0.1) is 0 Å². The van der Waals surface area contributed by atoms with Crippen LogP contribution in [0, 0.1) is 17.0 Å². The van der Waals surface area contributed by atoms with E-state index in [1.54, 1.807) is 26.8 Å². The maximum atomic E-state index is 11.9. The van der Waals surface area contributed by atoms with E-state index in [0.29, 0.717) is 11.5 Å². The van der Waals surface area contributed by atoms with Gasteiger partial charge in [-0.05, 0) is 45.4 Å². The van der Waals surface area contributed by atoms with Gasteiger partial charge >= 0.3 is 11.8 Å². The Hall–Kier alpha value is -3.09. The van der Waals surface area contributed by atoms with E-state index < -0.39 is 16.6 Å². The summed E-state index contributed by atoms with van der Waals surface area (Å²) in [5.74, 6) is 0.762. The van der Waals surface area contributed by atoms with Gasteiger partial charge < -0.3 is 14.8 Å². The van der Waals surface area contributed by atoms with Crippen LogP contribution in [0.1, 0.15) is 26.3 Å². The van der Waals surface area contributed by atoms with E-state index in [1.165, 1.54) is 18.2 Å². The second-order valence-corrected chi connectivity index (χ2v) is 6.52. The molecule has 0 heterocycles. The number of carbonyl (C=O) groups excluding carboxylic acids is 1. The first-order valence-electron chi connectivity index (χ1n) is 7.67. The van der Waals surface area contributed by atoms with Gasteiger partial charge in [0.25, 0.3) is 0 Å². The molecule has 0 aliphatic heterocycles. The number of hydrogen-bond acceptors (Lipinski definition) is 5. The summed E-state index contributed by atoms with van der Waals surface area (Å²) in [5.41, 5.74) is 0.0659. The average molecular weight is 344 g/mol. The molecule has 7 heteroatoms. The normalized spacial score (nSPS) is 10.9. The van der Waals surface area contributed by atoms with Gasteiger partial charge in [-0.1, -0.05) is 18.2 Å². The van der Waals surface area contributed by atoms with Crippen molar-refractivity contribution >= 4 is 11.8 Å².